The van der Waals surface area contributed by atoms with Gasteiger partial charge in [0.2, 0.25) is 11.6 Å². The van der Waals surface area contributed by atoms with Crippen molar-refractivity contribution in [1.82, 2.24) is 9.97 Å². The van der Waals surface area contributed by atoms with E-state index < -0.39 is 0 Å². The van der Waals surface area contributed by atoms with E-state index in [0.29, 0.717) is 39.5 Å². The first-order chi connectivity index (χ1) is 11.7. The van der Waals surface area contributed by atoms with Gasteiger partial charge < -0.3 is 14.2 Å². The van der Waals surface area contributed by atoms with Crippen LogP contribution in [0, 0.1) is 4.91 Å². The molecular weight excluding hydrogens is 310 g/mol. The van der Waals surface area contributed by atoms with Gasteiger partial charge in [-0.15, -0.1) is 4.91 Å². The van der Waals surface area contributed by atoms with Crippen LogP contribution in [0.25, 0.3) is 22.3 Å². The Morgan fingerprint density at radius 2 is 1.58 bits per heavy atom. The van der Waals surface area contributed by atoms with Crippen molar-refractivity contribution in [3.05, 3.63) is 41.3 Å². The predicted molar refractivity (Wildman–Crippen MR) is 90.1 cm³/mol. The van der Waals surface area contributed by atoms with Crippen molar-refractivity contribution in [1.29, 1.82) is 0 Å². The summed E-state index contributed by atoms with van der Waals surface area (Å²) in [5.41, 5.74) is 1.26. The SMILES string of the molecule is COc1cc(-c2nc(N=O)c3ccccc3n2)cc(OC)c1OC. The van der Waals surface area contributed by atoms with Crippen LogP contribution < -0.4 is 14.2 Å². The molecule has 1 heterocycles. The Bertz CT molecular complexity index is 886. The van der Waals surface area contributed by atoms with Gasteiger partial charge in [-0.1, -0.05) is 12.1 Å². The highest BCUT2D eigenvalue weighted by molar-refractivity contribution is 5.89. The quantitative estimate of drug-likeness (QED) is 0.665. The summed E-state index contributed by atoms with van der Waals surface area (Å²) in [6.07, 6.45) is 0. The smallest absolute Gasteiger partial charge is 0.208 e. The number of hydrogen-bond donors (Lipinski definition) is 0. The van der Waals surface area contributed by atoms with E-state index >= 15 is 0 Å². The number of rotatable bonds is 5. The van der Waals surface area contributed by atoms with Gasteiger partial charge in [0.05, 0.1) is 26.8 Å². The van der Waals surface area contributed by atoms with Crippen LogP contribution in [0.5, 0.6) is 17.2 Å². The van der Waals surface area contributed by atoms with E-state index in [1.165, 1.54) is 21.3 Å². The summed E-state index contributed by atoms with van der Waals surface area (Å²) in [7, 11) is 4.59. The van der Waals surface area contributed by atoms with Gasteiger partial charge in [0.1, 0.15) is 0 Å². The first-order valence-electron chi connectivity index (χ1n) is 7.12. The average molecular weight is 325 g/mol. The Hall–Kier alpha value is -3.22. The van der Waals surface area contributed by atoms with Gasteiger partial charge >= 0.3 is 0 Å². The average Bonchev–Trinajstić information content (AvgIpc) is 2.65. The minimum atomic E-state index is 0.0874. The second-order valence-corrected chi connectivity index (χ2v) is 4.89. The molecule has 3 aromatic rings. The number of aromatic nitrogens is 2. The first kappa shape index (κ1) is 15.7. The molecule has 0 aliphatic carbocycles. The molecule has 0 aliphatic rings. The number of methoxy groups -OCH3 is 3. The maximum atomic E-state index is 11.1. The summed E-state index contributed by atoms with van der Waals surface area (Å²) < 4.78 is 16.0. The summed E-state index contributed by atoms with van der Waals surface area (Å²) in [4.78, 5) is 19.9. The van der Waals surface area contributed by atoms with Crippen LogP contribution in [0.3, 0.4) is 0 Å². The second kappa shape index (κ2) is 6.49. The fourth-order valence-corrected chi connectivity index (χ4v) is 2.47. The highest BCUT2D eigenvalue weighted by Gasteiger charge is 2.17. The third kappa shape index (κ3) is 2.60. The lowest BCUT2D eigenvalue weighted by Crippen LogP contribution is -1.97. The van der Waals surface area contributed by atoms with E-state index in [4.69, 9.17) is 14.2 Å². The molecule has 0 saturated carbocycles. The molecule has 0 unspecified atom stereocenters. The molecule has 0 aliphatic heterocycles. The Labute approximate surface area is 138 Å². The fraction of sp³-hybridized carbons (Fsp3) is 0.176. The number of ether oxygens (including phenoxy) is 3. The molecule has 0 N–H and O–H groups in total. The first-order valence-corrected chi connectivity index (χ1v) is 7.12. The van der Waals surface area contributed by atoms with Crippen molar-refractivity contribution in [3.63, 3.8) is 0 Å². The molecule has 3 rings (SSSR count). The Kier molecular flexibility index (Phi) is 4.24. The van der Waals surface area contributed by atoms with Crippen molar-refractivity contribution in [2.75, 3.05) is 21.3 Å². The largest absolute Gasteiger partial charge is 0.493 e. The molecule has 7 heteroatoms. The molecule has 24 heavy (non-hydrogen) atoms. The molecule has 0 bridgehead atoms. The van der Waals surface area contributed by atoms with Gasteiger partial charge in [-0.05, 0) is 29.4 Å². The maximum absolute atomic E-state index is 11.1. The summed E-state index contributed by atoms with van der Waals surface area (Å²) >= 11 is 0. The van der Waals surface area contributed by atoms with Gasteiger partial charge in [0.15, 0.2) is 17.3 Å². The molecule has 0 amide bonds. The number of nitroso groups, excluding NO2 is 1. The molecule has 2 aromatic carbocycles. The fourth-order valence-electron chi connectivity index (χ4n) is 2.47. The molecule has 0 atom stereocenters. The van der Waals surface area contributed by atoms with Crippen LogP contribution in [0.1, 0.15) is 0 Å². The van der Waals surface area contributed by atoms with Crippen LogP contribution in [-0.2, 0) is 0 Å². The van der Waals surface area contributed by atoms with Gasteiger partial charge in [0, 0.05) is 10.9 Å². The van der Waals surface area contributed by atoms with Crippen LogP contribution in [-0.4, -0.2) is 31.3 Å². The summed E-state index contributed by atoms with van der Waals surface area (Å²) in [6.45, 7) is 0. The van der Waals surface area contributed by atoms with Crippen LogP contribution in [0.15, 0.2) is 41.6 Å². The summed E-state index contributed by atoms with van der Waals surface area (Å²) in [5, 5.41) is 3.62. The highest BCUT2D eigenvalue weighted by atomic mass is 16.5. The third-order valence-electron chi connectivity index (χ3n) is 3.59. The standard InChI is InChI=1S/C17H15N3O4/c1-22-13-8-10(9-14(23-2)15(13)24-3)16-18-12-7-5-4-6-11(12)17(19-16)20-21/h4-9H,1-3H3. The van der Waals surface area contributed by atoms with E-state index in [-0.39, 0.29) is 5.82 Å². The van der Waals surface area contributed by atoms with Crippen LogP contribution >= 0.6 is 0 Å². The topological polar surface area (TPSA) is 82.9 Å². The zero-order valence-electron chi connectivity index (χ0n) is 13.4. The van der Waals surface area contributed by atoms with Crippen LogP contribution in [0.2, 0.25) is 0 Å². The minimum Gasteiger partial charge on any atom is -0.493 e. The molecule has 7 nitrogen and oxygen atoms in total. The Morgan fingerprint density at radius 1 is 0.917 bits per heavy atom. The van der Waals surface area contributed by atoms with Crippen LogP contribution in [0.4, 0.5) is 5.82 Å². The minimum absolute atomic E-state index is 0.0874. The number of para-hydroxylation sites is 1. The molecule has 0 spiro atoms. The van der Waals surface area contributed by atoms with E-state index in [9.17, 15) is 4.91 Å². The number of fused-ring (bicyclic) bond motifs is 1. The van der Waals surface area contributed by atoms with E-state index in [2.05, 4.69) is 15.1 Å². The van der Waals surface area contributed by atoms with Crippen molar-refractivity contribution >= 4 is 16.7 Å². The molecule has 0 saturated heterocycles. The second-order valence-electron chi connectivity index (χ2n) is 4.89. The zero-order chi connectivity index (χ0) is 17.1. The Morgan fingerprint density at radius 3 is 2.17 bits per heavy atom. The van der Waals surface area contributed by atoms with Crippen molar-refractivity contribution in [2.45, 2.75) is 0 Å². The molecular formula is C17H15N3O4. The van der Waals surface area contributed by atoms with E-state index in [1.54, 1.807) is 30.3 Å². The summed E-state index contributed by atoms with van der Waals surface area (Å²) in [5.74, 6) is 1.86. The van der Waals surface area contributed by atoms with Gasteiger partial charge in [-0.25, -0.2) is 9.97 Å². The molecule has 0 radical (unpaired) electrons. The van der Waals surface area contributed by atoms with Crippen molar-refractivity contribution < 1.29 is 14.2 Å². The van der Waals surface area contributed by atoms with E-state index in [0.717, 1.165) is 0 Å². The van der Waals surface area contributed by atoms with Gasteiger partial charge in [0.25, 0.3) is 0 Å². The number of benzene rings is 2. The monoisotopic (exact) mass is 325 g/mol. The number of nitrogens with zero attached hydrogens (tertiary/aromatic N) is 3. The van der Waals surface area contributed by atoms with Gasteiger partial charge in [-0.3, -0.25) is 0 Å². The summed E-state index contributed by atoms with van der Waals surface area (Å²) in [6, 6.07) is 10.6. The Balaban J connectivity index is 2.25. The van der Waals surface area contributed by atoms with Crippen molar-refractivity contribution in [2.24, 2.45) is 5.18 Å². The normalized spacial score (nSPS) is 10.5. The van der Waals surface area contributed by atoms with Gasteiger partial charge in [-0.2, -0.15) is 0 Å². The van der Waals surface area contributed by atoms with E-state index in [1.807, 2.05) is 6.07 Å². The highest BCUT2D eigenvalue weighted by Crippen LogP contribution is 2.41. The zero-order valence-corrected chi connectivity index (χ0v) is 13.4. The third-order valence-corrected chi connectivity index (χ3v) is 3.59. The molecule has 1 aromatic heterocycles. The maximum Gasteiger partial charge on any atom is 0.208 e. The lowest BCUT2D eigenvalue weighted by atomic mass is 10.1. The molecule has 0 fully saturated rings. The lowest BCUT2D eigenvalue weighted by molar-refractivity contribution is 0.324. The number of hydrogen-bond acceptors (Lipinski definition) is 7. The molecule has 122 valence electrons. The van der Waals surface area contributed by atoms with Crippen molar-refractivity contribution in [3.8, 4) is 28.6 Å². The lowest BCUT2D eigenvalue weighted by Gasteiger charge is -2.14. The predicted octanol–water partition coefficient (Wildman–Crippen LogP) is 3.72.